The molecule has 0 bridgehead atoms. The van der Waals surface area contributed by atoms with E-state index >= 15 is 0 Å². The van der Waals surface area contributed by atoms with Gasteiger partial charge in [0, 0.05) is 31.1 Å². The van der Waals surface area contributed by atoms with E-state index in [1.54, 1.807) is 18.7 Å². The molecule has 0 unspecified atom stereocenters. The summed E-state index contributed by atoms with van der Waals surface area (Å²) < 4.78 is 40.7. The van der Waals surface area contributed by atoms with Crippen molar-refractivity contribution in [2.75, 3.05) is 37.3 Å². The Labute approximate surface area is 152 Å². The molecule has 1 fully saturated rings. The molecule has 0 aromatic heterocycles. The minimum atomic E-state index is -3.68. The lowest BCUT2D eigenvalue weighted by Gasteiger charge is -2.36. The molecular formula is C18H21FN2O2S2. The van der Waals surface area contributed by atoms with Crippen LogP contribution in [0.15, 0.2) is 52.3 Å². The molecule has 0 atom stereocenters. The quantitative estimate of drug-likeness (QED) is 0.763. The molecular weight excluding hydrogens is 359 g/mol. The van der Waals surface area contributed by atoms with Crippen LogP contribution in [0, 0.1) is 12.7 Å². The number of aryl methyl sites for hydroxylation is 1. The number of halogens is 1. The number of hydrogen-bond donors (Lipinski definition) is 0. The van der Waals surface area contributed by atoms with E-state index in [4.69, 9.17) is 0 Å². The maximum absolute atomic E-state index is 13.5. The number of hydrogen-bond acceptors (Lipinski definition) is 4. The van der Waals surface area contributed by atoms with Gasteiger partial charge in [-0.15, -0.1) is 11.8 Å². The predicted molar refractivity (Wildman–Crippen MR) is 100 cm³/mol. The summed E-state index contributed by atoms with van der Waals surface area (Å²) in [6, 6.07) is 12.0. The zero-order valence-electron chi connectivity index (χ0n) is 14.3. The third-order valence-electron chi connectivity index (χ3n) is 4.43. The van der Waals surface area contributed by atoms with Crippen LogP contribution in [0.5, 0.6) is 0 Å². The number of piperazine rings is 1. The number of rotatable bonds is 4. The summed E-state index contributed by atoms with van der Waals surface area (Å²) in [6.45, 7) is 3.70. The van der Waals surface area contributed by atoms with Crippen LogP contribution in [0.4, 0.5) is 10.1 Å². The molecule has 0 N–H and O–H groups in total. The van der Waals surface area contributed by atoms with Crippen LogP contribution in [0.3, 0.4) is 0 Å². The fraction of sp³-hybridized carbons (Fsp3) is 0.333. The second-order valence-electron chi connectivity index (χ2n) is 5.97. The summed E-state index contributed by atoms with van der Waals surface area (Å²) in [7, 11) is -3.68. The lowest BCUT2D eigenvalue weighted by Crippen LogP contribution is -2.48. The van der Waals surface area contributed by atoms with Gasteiger partial charge >= 0.3 is 0 Å². The second-order valence-corrected chi connectivity index (χ2v) is 8.73. The third-order valence-corrected chi connectivity index (χ3v) is 7.26. The first-order chi connectivity index (χ1) is 11.9. The Morgan fingerprint density at radius 3 is 2.40 bits per heavy atom. The highest BCUT2D eigenvalue weighted by atomic mass is 32.2. The molecule has 0 spiro atoms. The monoisotopic (exact) mass is 380 g/mol. The van der Waals surface area contributed by atoms with E-state index in [0.29, 0.717) is 31.7 Å². The summed E-state index contributed by atoms with van der Waals surface area (Å²) in [5.74, 6) is -0.531. The summed E-state index contributed by atoms with van der Waals surface area (Å²) in [5, 5.41) is 0. The van der Waals surface area contributed by atoms with Gasteiger partial charge in [0.2, 0.25) is 10.0 Å². The van der Waals surface area contributed by atoms with Crippen molar-refractivity contribution in [2.45, 2.75) is 16.7 Å². The fourth-order valence-corrected chi connectivity index (χ4v) is 5.33. The standard InChI is InChI=1S/C18H21FN2O2S2/c1-14-7-8-15(19)13-18(14)25(22,23)21-11-9-20(10-12-21)16-5-3-4-6-17(16)24-2/h3-8,13H,9-12H2,1-2H3. The average molecular weight is 381 g/mol. The molecule has 1 aliphatic rings. The summed E-state index contributed by atoms with van der Waals surface area (Å²) in [6.07, 6.45) is 2.03. The molecule has 7 heteroatoms. The number of nitrogens with zero attached hydrogens (tertiary/aromatic N) is 2. The van der Waals surface area contributed by atoms with Gasteiger partial charge in [-0.3, -0.25) is 0 Å². The van der Waals surface area contributed by atoms with Crippen LogP contribution < -0.4 is 4.90 Å². The molecule has 2 aromatic carbocycles. The minimum Gasteiger partial charge on any atom is -0.368 e. The SMILES string of the molecule is CSc1ccccc1N1CCN(S(=O)(=O)c2cc(F)ccc2C)CC1. The van der Waals surface area contributed by atoms with Gasteiger partial charge < -0.3 is 4.90 Å². The fourth-order valence-electron chi connectivity index (χ4n) is 3.05. The highest BCUT2D eigenvalue weighted by molar-refractivity contribution is 7.98. The van der Waals surface area contributed by atoms with Crippen molar-refractivity contribution < 1.29 is 12.8 Å². The summed E-state index contributed by atoms with van der Waals surface area (Å²) in [5.41, 5.74) is 1.70. The average Bonchev–Trinajstić information content (AvgIpc) is 2.63. The van der Waals surface area contributed by atoms with Crippen LogP contribution >= 0.6 is 11.8 Å². The van der Waals surface area contributed by atoms with Crippen molar-refractivity contribution in [2.24, 2.45) is 0 Å². The molecule has 1 heterocycles. The molecule has 134 valence electrons. The third kappa shape index (κ3) is 3.68. The largest absolute Gasteiger partial charge is 0.368 e. The molecule has 3 rings (SSSR count). The van der Waals surface area contributed by atoms with E-state index in [0.717, 1.165) is 11.8 Å². The van der Waals surface area contributed by atoms with E-state index in [2.05, 4.69) is 17.0 Å². The first-order valence-corrected chi connectivity index (χ1v) is 10.7. The Morgan fingerprint density at radius 2 is 1.72 bits per heavy atom. The lowest BCUT2D eigenvalue weighted by atomic mass is 10.2. The van der Waals surface area contributed by atoms with Crippen LogP contribution in [0.1, 0.15) is 5.56 Å². The van der Waals surface area contributed by atoms with E-state index in [1.807, 2.05) is 18.4 Å². The zero-order chi connectivity index (χ0) is 18.0. The van der Waals surface area contributed by atoms with Gasteiger partial charge in [-0.1, -0.05) is 18.2 Å². The van der Waals surface area contributed by atoms with Crippen LogP contribution in [0.25, 0.3) is 0 Å². The summed E-state index contributed by atoms with van der Waals surface area (Å²) in [4.78, 5) is 3.45. The van der Waals surface area contributed by atoms with E-state index in [1.165, 1.54) is 21.3 Å². The van der Waals surface area contributed by atoms with E-state index in [-0.39, 0.29) is 4.90 Å². The van der Waals surface area contributed by atoms with Crippen molar-refractivity contribution >= 4 is 27.5 Å². The Morgan fingerprint density at radius 1 is 1.04 bits per heavy atom. The molecule has 0 amide bonds. The van der Waals surface area contributed by atoms with Crippen molar-refractivity contribution in [1.29, 1.82) is 0 Å². The molecule has 25 heavy (non-hydrogen) atoms. The first kappa shape index (κ1) is 18.2. The highest BCUT2D eigenvalue weighted by Gasteiger charge is 2.30. The van der Waals surface area contributed by atoms with Crippen molar-refractivity contribution in [3.63, 3.8) is 0 Å². The van der Waals surface area contributed by atoms with Gasteiger partial charge in [0.1, 0.15) is 5.82 Å². The van der Waals surface area contributed by atoms with Crippen LogP contribution in [-0.4, -0.2) is 45.2 Å². The Kier molecular flexibility index (Phi) is 5.36. The number of benzene rings is 2. The molecule has 1 aliphatic heterocycles. The van der Waals surface area contributed by atoms with Crippen LogP contribution in [0.2, 0.25) is 0 Å². The van der Waals surface area contributed by atoms with Gasteiger partial charge in [-0.05, 0) is 43.0 Å². The van der Waals surface area contributed by atoms with Crippen molar-refractivity contribution in [3.8, 4) is 0 Å². The maximum Gasteiger partial charge on any atom is 0.243 e. The van der Waals surface area contributed by atoms with Crippen LogP contribution in [-0.2, 0) is 10.0 Å². The summed E-state index contributed by atoms with van der Waals surface area (Å²) >= 11 is 1.68. The first-order valence-electron chi connectivity index (χ1n) is 8.08. The normalized spacial score (nSPS) is 16.2. The molecule has 1 saturated heterocycles. The number of sulfonamides is 1. The molecule has 2 aromatic rings. The van der Waals surface area contributed by atoms with E-state index in [9.17, 15) is 12.8 Å². The molecule has 4 nitrogen and oxygen atoms in total. The number of thioether (sulfide) groups is 1. The Hall–Kier alpha value is -1.57. The molecule has 0 radical (unpaired) electrons. The van der Waals surface area contributed by atoms with Crippen molar-refractivity contribution in [3.05, 3.63) is 53.8 Å². The Bertz CT molecular complexity index is 863. The zero-order valence-corrected chi connectivity index (χ0v) is 15.9. The predicted octanol–water partition coefficient (Wildman–Crippen LogP) is 3.37. The lowest BCUT2D eigenvalue weighted by molar-refractivity contribution is 0.384. The van der Waals surface area contributed by atoms with Gasteiger partial charge in [0.05, 0.1) is 10.6 Å². The van der Waals surface area contributed by atoms with Gasteiger partial charge in [-0.25, -0.2) is 12.8 Å². The van der Waals surface area contributed by atoms with Crippen molar-refractivity contribution in [1.82, 2.24) is 4.31 Å². The van der Waals surface area contributed by atoms with Gasteiger partial charge in [0.25, 0.3) is 0 Å². The maximum atomic E-state index is 13.5. The minimum absolute atomic E-state index is 0.0606. The Balaban J connectivity index is 1.79. The van der Waals surface area contributed by atoms with Gasteiger partial charge in [0.15, 0.2) is 0 Å². The number of para-hydroxylation sites is 1. The van der Waals surface area contributed by atoms with E-state index < -0.39 is 15.8 Å². The van der Waals surface area contributed by atoms with Gasteiger partial charge in [-0.2, -0.15) is 4.31 Å². The smallest absolute Gasteiger partial charge is 0.243 e. The highest BCUT2D eigenvalue weighted by Crippen LogP contribution is 2.30. The molecule has 0 aliphatic carbocycles. The molecule has 0 saturated carbocycles. The number of anilines is 1. The topological polar surface area (TPSA) is 40.6 Å². The second kappa shape index (κ2) is 7.35.